The molecule has 0 heterocycles. The van der Waals surface area contributed by atoms with Gasteiger partial charge in [-0.05, 0) is 48.4 Å². The Morgan fingerprint density at radius 3 is 2.08 bits per heavy atom. The van der Waals surface area contributed by atoms with Gasteiger partial charge in [0, 0.05) is 6.54 Å². The predicted molar refractivity (Wildman–Crippen MR) is 84.9 cm³/mol. The Kier molecular flexibility index (Phi) is 5.86. The second kappa shape index (κ2) is 7.54. The van der Waals surface area contributed by atoms with E-state index in [4.69, 9.17) is 0 Å². The van der Waals surface area contributed by atoms with Crippen molar-refractivity contribution in [2.75, 3.05) is 6.54 Å². The SMILES string of the molecule is O=S(=O)(NCCc1cccc(F)c1)c1ccc(S(=O)(=O)C(F)F)cc1. The fourth-order valence-corrected chi connectivity index (χ4v) is 3.77. The molecule has 0 saturated heterocycles. The van der Waals surface area contributed by atoms with E-state index in [9.17, 15) is 30.0 Å². The third kappa shape index (κ3) is 4.80. The van der Waals surface area contributed by atoms with Crippen molar-refractivity contribution in [2.24, 2.45) is 0 Å². The summed E-state index contributed by atoms with van der Waals surface area (Å²) in [5.74, 6) is -4.02. The van der Waals surface area contributed by atoms with E-state index >= 15 is 0 Å². The van der Waals surface area contributed by atoms with Crippen LogP contribution in [0.5, 0.6) is 0 Å². The Labute approximate surface area is 143 Å². The van der Waals surface area contributed by atoms with E-state index in [0.717, 1.165) is 24.3 Å². The lowest BCUT2D eigenvalue weighted by molar-refractivity contribution is 0.234. The molecule has 0 spiro atoms. The minimum absolute atomic E-state index is 0.0110. The molecule has 10 heteroatoms. The molecule has 0 atom stereocenters. The van der Waals surface area contributed by atoms with Gasteiger partial charge in [0.15, 0.2) is 0 Å². The van der Waals surface area contributed by atoms with Crippen LogP contribution in [0.25, 0.3) is 0 Å². The zero-order valence-corrected chi connectivity index (χ0v) is 14.3. The number of rotatable bonds is 7. The Balaban J connectivity index is 2.07. The molecule has 0 aromatic heterocycles. The second-order valence-electron chi connectivity index (χ2n) is 5.05. The minimum atomic E-state index is -4.78. The molecule has 0 aliphatic rings. The van der Waals surface area contributed by atoms with Crippen molar-refractivity contribution in [2.45, 2.75) is 22.0 Å². The van der Waals surface area contributed by atoms with Crippen molar-refractivity contribution in [1.82, 2.24) is 4.72 Å². The number of sulfone groups is 1. The molecule has 0 amide bonds. The molecule has 0 aliphatic heterocycles. The van der Waals surface area contributed by atoms with E-state index in [1.165, 1.54) is 18.2 Å². The second-order valence-corrected chi connectivity index (χ2v) is 8.74. The van der Waals surface area contributed by atoms with Crippen molar-refractivity contribution < 1.29 is 30.0 Å². The lowest BCUT2D eigenvalue weighted by atomic mass is 10.1. The molecule has 136 valence electrons. The van der Waals surface area contributed by atoms with E-state index in [-0.39, 0.29) is 17.9 Å². The van der Waals surface area contributed by atoms with E-state index in [0.29, 0.717) is 5.56 Å². The standard InChI is InChI=1S/C15H14F3NO4S2/c16-12-3-1-2-11(10-12)8-9-19-25(22,23)14-6-4-13(5-7-14)24(20,21)15(17)18/h1-7,10,15,19H,8-9H2. The third-order valence-corrected chi connectivity index (χ3v) is 6.17. The molecular weight excluding hydrogens is 379 g/mol. The summed E-state index contributed by atoms with van der Waals surface area (Å²) in [5, 5.41) is 0. The van der Waals surface area contributed by atoms with Crippen LogP contribution in [0.2, 0.25) is 0 Å². The summed E-state index contributed by atoms with van der Waals surface area (Å²) in [4.78, 5) is -0.929. The molecule has 0 saturated carbocycles. The van der Waals surface area contributed by atoms with Crippen LogP contribution in [0, 0.1) is 5.82 Å². The number of halogens is 3. The first-order chi connectivity index (χ1) is 11.6. The highest BCUT2D eigenvalue weighted by atomic mass is 32.2. The van der Waals surface area contributed by atoms with Crippen molar-refractivity contribution in [3.8, 4) is 0 Å². The number of alkyl halides is 2. The first-order valence-electron chi connectivity index (χ1n) is 6.99. The van der Waals surface area contributed by atoms with Gasteiger partial charge in [0.2, 0.25) is 19.9 Å². The maximum Gasteiger partial charge on any atom is 0.341 e. The highest BCUT2D eigenvalue weighted by Gasteiger charge is 2.27. The average Bonchev–Trinajstić information content (AvgIpc) is 2.54. The van der Waals surface area contributed by atoms with Gasteiger partial charge >= 0.3 is 5.76 Å². The van der Waals surface area contributed by atoms with Gasteiger partial charge in [0.1, 0.15) is 5.82 Å². The Morgan fingerprint density at radius 1 is 0.920 bits per heavy atom. The molecular formula is C15H14F3NO4S2. The summed E-state index contributed by atoms with van der Waals surface area (Å²) >= 11 is 0. The normalized spacial score (nSPS) is 12.5. The molecule has 1 N–H and O–H groups in total. The predicted octanol–water partition coefficient (Wildman–Crippen LogP) is 2.34. The highest BCUT2D eigenvalue weighted by Crippen LogP contribution is 2.20. The van der Waals surface area contributed by atoms with E-state index in [2.05, 4.69) is 4.72 Å². The minimum Gasteiger partial charge on any atom is -0.218 e. The molecule has 0 aliphatic carbocycles. The van der Waals surface area contributed by atoms with Gasteiger partial charge in [0.25, 0.3) is 0 Å². The lowest BCUT2D eigenvalue weighted by Crippen LogP contribution is -2.26. The smallest absolute Gasteiger partial charge is 0.218 e. The lowest BCUT2D eigenvalue weighted by Gasteiger charge is -2.08. The molecule has 5 nitrogen and oxygen atoms in total. The Morgan fingerprint density at radius 2 is 1.52 bits per heavy atom. The van der Waals surface area contributed by atoms with E-state index in [1.54, 1.807) is 6.07 Å². The summed E-state index contributed by atoms with van der Waals surface area (Å²) in [5.41, 5.74) is 0.598. The van der Waals surface area contributed by atoms with Crippen LogP contribution >= 0.6 is 0 Å². The Bertz CT molecular complexity index is 943. The largest absolute Gasteiger partial charge is 0.341 e. The maximum absolute atomic E-state index is 13.0. The number of hydrogen-bond acceptors (Lipinski definition) is 4. The van der Waals surface area contributed by atoms with Crippen molar-refractivity contribution in [3.05, 3.63) is 59.9 Å². The average molecular weight is 393 g/mol. The van der Waals surface area contributed by atoms with Gasteiger partial charge in [-0.1, -0.05) is 12.1 Å². The molecule has 2 rings (SSSR count). The molecule has 0 fully saturated rings. The molecule has 2 aromatic carbocycles. The van der Waals surface area contributed by atoms with Crippen molar-refractivity contribution in [1.29, 1.82) is 0 Å². The summed E-state index contributed by atoms with van der Waals surface area (Å²) in [6.45, 7) is -0.0110. The molecule has 25 heavy (non-hydrogen) atoms. The molecule has 0 bridgehead atoms. The zero-order valence-electron chi connectivity index (χ0n) is 12.7. The van der Waals surface area contributed by atoms with Gasteiger partial charge < -0.3 is 0 Å². The summed E-state index contributed by atoms with van der Waals surface area (Å²) < 4.78 is 87.0. The number of benzene rings is 2. The van der Waals surface area contributed by atoms with Gasteiger partial charge in [-0.25, -0.2) is 25.9 Å². The van der Waals surface area contributed by atoms with Gasteiger partial charge in [-0.15, -0.1) is 0 Å². The zero-order chi connectivity index (χ0) is 18.7. The van der Waals surface area contributed by atoms with E-state index < -0.39 is 36.3 Å². The quantitative estimate of drug-likeness (QED) is 0.783. The van der Waals surface area contributed by atoms with Crippen LogP contribution in [0.15, 0.2) is 58.3 Å². The van der Waals surface area contributed by atoms with Crippen LogP contribution in [-0.4, -0.2) is 29.1 Å². The summed E-state index contributed by atoms with van der Waals surface area (Å²) in [7, 11) is -8.73. The van der Waals surface area contributed by atoms with Gasteiger partial charge in [-0.2, -0.15) is 8.78 Å². The topological polar surface area (TPSA) is 80.3 Å². The first-order valence-corrected chi connectivity index (χ1v) is 10.0. The van der Waals surface area contributed by atoms with Crippen LogP contribution in [0.3, 0.4) is 0 Å². The molecule has 0 radical (unpaired) electrons. The van der Waals surface area contributed by atoms with Gasteiger partial charge in [0.05, 0.1) is 9.79 Å². The van der Waals surface area contributed by atoms with Crippen molar-refractivity contribution >= 4 is 19.9 Å². The number of nitrogens with one attached hydrogen (secondary N) is 1. The van der Waals surface area contributed by atoms with Crippen LogP contribution < -0.4 is 4.72 Å². The van der Waals surface area contributed by atoms with Crippen LogP contribution in [-0.2, 0) is 26.3 Å². The van der Waals surface area contributed by atoms with Gasteiger partial charge in [-0.3, -0.25) is 0 Å². The molecule has 2 aromatic rings. The van der Waals surface area contributed by atoms with Crippen molar-refractivity contribution in [3.63, 3.8) is 0 Å². The fourth-order valence-electron chi connectivity index (χ4n) is 2.02. The Hall–Kier alpha value is -1.91. The maximum atomic E-state index is 13.0. The first kappa shape index (κ1) is 19.4. The van der Waals surface area contributed by atoms with Crippen LogP contribution in [0.1, 0.15) is 5.56 Å². The monoisotopic (exact) mass is 393 g/mol. The fraction of sp³-hybridized carbons (Fsp3) is 0.200. The third-order valence-electron chi connectivity index (χ3n) is 3.29. The van der Waals surface area contributed by atoms with Crippen LogP contribution in [0.4, 0.5) is 13.2 Å². The van der Waals surface area contributed by atoms with E-state index in [1.807, 2.05) is 0 Å². The molecule has 0 unspecified atom stereocenters. The number of hydrogen-bond donors (Lipinski definition) is 1. The summed E-state index contributed by atoms with van der Waals surface area (Å²) in [6.07, 6.45) is 0.245. The summed E-state index contributed by atoms with van der Waals surface area (Å²) in [6, 6.07) is 9.16. The number of sulfonamides is 1. The highest BCUT2D eigenvalue weighted by molar-refractivity contribution is 7.91.